The molecule has 2 N–H and O–H groups in total. The summed E-state index contributed by atoms with van der Waals surface area (Å²) in [6.07, 6.45) is 11.5. The fourth-order valence-electron chi connectivity index (χ4n) is 3.77. The maximum atomic E-state index is 6.21. The number of rotatable bonds is 1. The minimum Gasteiger partial charge on any atom is -0.348 e. The molecular weight excluding hydrogens is 208 g/mol. The van der Waals surface area contributed by atoms with Crippen LogP contribution in [0.5, 0.6) is 0 Å². The second kappa shape index (κ2) is 4.49. The average Bonchev–Trinajstić information content (AvgIpc) is 2.75. The lowest BCUT2D eigenvalue weighted by atomic mass is 9.85. The van der Waals surface area contributed by atoms with Crippen molar-refractivity contribution in [1.29, 1.82) is 0 Å². The number of aromatic nitrogens is 1. The summed E-state index contributed by atoms with van der Waals surface area (Å²) in [5.74, 6) is 0.832. The molecule has 0 bridgehead atoms. The van der Waals surface area contributed by atoms with E-state index in [4.69, 9.17) is 5.73 Å². The van der Waals surface area contributed by atoms with Crippen molar-refractivity contribution in [3.05, 3.63) is 23.5 Å². The highest BCUT2D eigenvalue weighted by Crippen LogP contribution is 2.38. The smallest absolute Gasteiger partial charge is 0.0359 e. The largest absolute Gasteiger partial charge is 0.348 e. The first-order valence-electron chi connectivity index (χ1n) is 7.22. The van der Waals surface area contributed by atoms with Gasteiger partial charge in [-0.15, -0.1) is 0 Å². The fourth-order valence-corrected chi connectivity index (χ4v) is 3.77. The molecule has 1 heterocycles. The predicted molar refractivity (Wildman–Crippen MR) is 71.0 cm³/mol. The third-order valence-corrected chi connectivity index (χ3v) is 4.81. The molecular formula is C15H24N2. The first-order valence-corrected chi connectivity index (χ1v) is 7.22. The van der Waals surface area contributed by atoms with Crippen molar-refractivity contribution in [3.8, 4) is 0 Å². The topological polar surface area (TPSA) is 30.9 Å². The molecule has 2 nitrogen and oxygen atoms in total. The third kappa shape index (κ3) is 1.93. The number of fused-ring (bicyclic) bond motifs is 1. The van der Waals surface area contributed by atoms with Crippen molar-refractivity contribution in [2.24, 2.45) is 11.7 Å². The minimum atomic E-state index is 0.291. The monoisotopic (exact) mass is 232 g/mol. The van der Waals surface area contributed by atoms with E-state index in [-0.39, 0.29) is 0 Å². The molecule has 1 aromatic rings. The zero-order valence-electron chi connectivity index (χ0n) is 10.9. The van der Waals surface area contributed by atoms with Gasteiger partial charge in [0.25, 0.3) is 0 Å². The molecule has 3 unspecified atom stereocenters. The fraction of sp³-hybridized carbons (Fsp3) is 0.733. The van der Waals surface area contributed by atoms with Crippen LogP contribution in [0.4, 0.5) is 0 Å². The molecule has 1 aromatic heterocycles. The van der Waals surface area contributed by atoms with E-state index in [0.717, 1.165) is 18.4 Å². The van der Waals surface area contributed by atoms with Crippen LogP contribution >= 0.6 is 0 Å². The van der Waals surface area contributed by atoms with Crippen LogP contribution in [0, 0.1) is 5.92 Å². The highest BCUT2D eigenvalue weighted by atomic mass is 15.0. The summed E-state index contributed by atoms with van der Waals surface area (Å²) in [6, 6.07) is 3.30. The minimum absolute atomic E-state index is 0.291. The van der Waals surface area contributed by atoms with Crippen LogP contribution in [-0.4, -0.2) is 4.57 Å². The van der Waals surface area contributed by atoms with E-state index < -0.39 is 0 Å². The van der Waals surface area contributed by atoms with Gasteiger partial charge >= 0.3 is 0 Å². The van der Waals surface area contributed by atoms with Gasteiger partial charge < -0.3 is 10.3 Å². The maximum absolute atomic E-state index is 6.21. The molecule has 0 radical (unpaired) electrons. The number of hydrogen-bond donors (Lipinski definition) is 1. The molecule has 1 saturated carbocycles. The van der Waals surface area contributed by atoms with E-state index in [1.54, 1.807) is 5.69 Å². The van der Waals surface area contributed by atoms with Crippen LogP contribution in [0.3, 0.4) is 0 Å². The van der Waals surface area contributed by atoms with Crippen molar-refractivity contribution >= 4 is 0 Å². The Morgan fingerprint density at radius 3 is 2.82 bits per heavy atom. The molecule has 0 amide bonds. The molecule has 2 heteroatoms. The molecule has 3 rings (SSSR count). The van der Waals surface area contributed by atoms with E-state index in [0.29, 0.717) is 6.04 Å². The molecule has 0 spiro atoms. The molecule has 94 valence electrons. The Bertz CT molecular complexity index is 394. The van der Waals surface area contributed by atoms with Gasteiger partial charge in [-0.05, 0) is 49.7 Å². The van der Waals surface area contributed by atoms with Crippen molar-refractivity contribution in [3.63, 3.8) is 0 Å². The van der Waals surface area contributed by atoms with E-state index in [1.807, 2.05) is 0 Å². The Kier molecular flexibility index (Phi) is 2.99. The van der Waals surface area contributed by atoms with Crippen LogP contribution in [0.2, 0.25) is 0 Å². The van der Waals surface area contributed by atoms with Gasteiger partial charge in [-0.25, -0.2) is 0 Å². The molecule has 3 atom stereocenters. The van der Waals surface area contributed by atoms with Gasteiger partial charge in [-0.1, -0.05) is 19.8 Å². The second-order valence-electron chi connectivity index (χ2n) is 5.95. The van der Waals surface area contributed by atoms with Crippen molar-refractivity contribution < 1.29 is 0 Å². The van der Waals surface area contributed by atoms with Crippen LogP contribution in [0.15, 0.2) is 12.3 Å². The lowest BCUT2D eigenvalue weighted by Gasteiger charge is -2.33. The van der Waals surface area contributed by atoms with E-state index in [1.165, 1.54) is 44.1 Å². The van der Waals surface area contributed by atoms with Crippen molar-refractivity contribution in [1.82, 2.24) is 4.57 Å². The van der Waals surface area contributed by atoms with Crippen LogP contribution in [-0.2, 0) is 6.42 Å². The highest BCUT2D eigenvalue weighted by molar-refractivity contribution is 5.29. The van der Waals surface area contributed by atoms with Crippen LogP contribution in [0.1, 0.15) is 68.8 Å². The van der Waals surface area contributed by atoms with E-state index >= 15 is 0 Å². The van der Waals surface area contributed by atoms with Gasteiger partial charge in [0.15, 0.2) is 0 Å². The number of nitrogens with two attached hydrogens (primary N) is 1. The van der Waals surface area contributed by atoms with Gasteiger partial charge in [0, 0.05) is 24.0 Å². The zero-order chi connectivity index (χ0) is 11.8. The third-order valence-electron chi connectivity index (χ3n) is 4.81. The molecule has 0 aliphatic heterocycles. The van der Waals surface area contributed by atoms with E-state index in [2.05, 4.69) is 23.8 Å². The Morgan fingerprint density at radius 2 is 2.00 bits per heavy atom. The Labute approximate surface area is 104 Å². The molecule has 2 aliphatic carbocycles. The van der Waals surface area contributed by atoms with Crippen molar-refractivity contribution in [2.75, 3.05) is 0 Å². The maximum Gasteiger partial charge on any atom is 0.0359 e. The lowest BCUT2D eigenvalue weighted by Crippen LogP contribution is -2.24. The zero-order valence-corrected chi connectivity index (χ0v) is 10.9. The van der Waals surface area contributed by atoms with Crippen LogP contribution in [0.25, 0.3) is 0 Å². The number of nitrogens with zero attached hydrogens (tertiary/aromatic N) is 1. The normalized spacial score (nSPS) is 33.4. The highest BCUT2D eigenvalue weighted by Gasteiger charge is 2.27. The van der Waals surface area contributed by atoms with Gasteiger partial charge in [0.2, 0.25) is 0 Å². The summed E-state index contributed by atoms with van der Waals surface area (Å²) in [4.78, 5) is 0. The molecule has 0 saturated heterocycles. The molecule has 2 aliphatic rings. The summed E-state index contributed by atoms with van der Waals surface area (Å²) in [5, 5.41) is 0. The summed E-state index contributed by atoms with van der Waals surface area (Å²) in [7, 11) is 0. The predicted octanol–water partition coefficient (Wildman–Crippen LogP) is 3.58. The molecule has 0 aromatic carbocycles. The lowest BCUT2D eigenvalue weighted by molar-refractivity contribution is 0.251. The SMILES string of the molecule is CC1CCCCC1n1ccc2c1CCCC2N. The van der Waals surface area contributed by atoms with Gasteiger partial charge in [0.1, 0.15) is 0 Å². The summed E-state index contributed by atoms with van der Waals surface area (Å²) >= 11 is 0. The Hall–Kier alpha value is -0.760. The summed E-state index contributed by atoms with van der Waals surface area (Å²) < 4.78 is 2.57. The van der Waals surface area contributed by atoms with Crippen molar-refractivity contribution in [2.45, 2.75) is 64.0 Å². The second-order valence-corrected chi connectivity index (χ2v) is 5.95. The van der Waals surface area contributed by atoms with Gasteiger partial charge in [-0.2, -0.15) is 0 Å². The number of hydrogen-bond acceptors (Lipinski definition) is 1. The average molecular weight is 232 g/mol. The van der Waals surface area contributed by atoms with Crippen LogP contribution < -0.4 is 5.73 Å². The van der Waals surface area contributed by atoms with Gasteiger partial charge in [-0.3, -0.25) is 0 Å². The first-order chi connectivity index (χ1) is 8.27. The summed E-state index contributed by atoms with van der Waals surface area (Å²) in [6.45, 7) is 2.42. The Morgan fingerprint density at radius 1 is 1.18 bits per heavy atom. The first kappa shape index (κ1) is 11.3. The molecule has 1 fully saturated rings. The van der Waals surface area contributed by atoms with Gasteiger partial charge in [0.05, 0.1) is 0 Å². The Balaban J connectivity index is 1.92. The summed E-state index contributed by atoms with van der Waals surface area (Å²) in [5.41, 5.74) is 9.18. The van der Waals surface area contributed by atoms with E-state index in [9.17, 15) is 0 Å². The quantitative estimate of drug-likeness (QED) is 0.788. The molecule has 17 heavy (non-hydrogen) atoms. The standard InChI is InChI=1S/C15H24N2/c1-11-5-2-3-7-14(11)17-10-9-12-13(16)6-4-8-15(12)17/h9-11,13-14H,2-8,16H2,1H3.